The van der Waals surface area contributed by atoms with E-state index >= 15 is 0 Å². The SMILES string of the molecule is CCCC1O[C@@H](OC)C(CC)C(CC)[C@@H]1C. The van der Waals surface area contributed by atoms with Gasteiger partial charge >= 0.3 is 0 Å². The van der Waals surface area contributed by atoms with Crippen molar-refractivity contribution < 1.29 is 9.47 Å². The Balaban J connectivity index is 2.76. The maximum absolute atomic E-state index is 6.10. The Labute approximate surface area is 101 Å². The quantitative estimate of drug-likeness (QED) is 0.711. The lowest BCUT2D eigenvalue weighted by Gasteiger charge is -2.45. The van der Waals surface area contributed by atoms with Gasteiger partial charge in [0.25, 0.3) is 0 Å². The number of rotatable bonds is 5. The van der Waals surface area contributed by atoms with Gasteiger partial charge in [-0.25, -0.2) is 0 Å². The summed E-state index contributed by atoms with van der Waals surface area (Å²) in [6.07, 6.45) is 5.15. The molecule has 0 N–H and O–H groups in total. The molecule has 0 amide bonds. The van der Waals surface area contributed by atoms with Crippen molar-refractivity contribution in [3.63, 3.8) is 0 Å². The fourth-order valence-corrected chi connectivity index (χ4v) is 3.28. The molecule has 0 aromatic carbocycles. The summed E-state index contributed by atoms with van der Waals surface area (Å²) in [7, 11) is 1.78. The fourth-order valence-electron chi connectivity index (χ4n) is 3.28. The zero-order valence-corrected chi connectivity index (χ0v) is 11.5. The molecule has 16 heavy (non-hydrogen) atoms. The second kappa shape index (κ2) is 6.61. The molecule has 1 fully saturated rings. The molecular formula is C14H28O2. The molecule has 96 valence electrons. The van der Waals surface area contributed by atoms with E-state index in [1.54, 1.807) is 7.11 Å². The second-order valence-electron chi connectivity index (χ2n) is 5.07. The zero-order chi connectivity index (χ0) is 12.1. The average molecular weight is 228 g/mol. The van der Waals surface area contributed by atoms with Crippen molar-refractivity contribution in [3.05, 3.63) is 0 Å². The summed E-state index contributed by atoms with van der Waals surface area (Å²) in [5, 5.41) is 0. The van der Waals surface area contributed by atoms with E-state index in [4.69, 9.17) is 9.47 Å². The van der Waals surface area contributed by atoms with E-state index in [2.05, 4.69) is 27.7 Å². The molecule has 0 aliphatic carbocycles. The predicted octanol–water partition coefficient (Wildman–Crippen LogP) is 3.85. The summed E-state index contributed by atoms with van der Waals surface area (Å²) in [6.45, 7) is 9.12. The van der Waals surface area contributed by atoms with E-state index in [1.807, 2.05) is 0 Å². The van der Waals surface area contributed by atoms with Crippen LogP contribution in [0.3, 0.4) is 0 Å². The van der Waals surface area contributed by atoms with Gasteiger partial charge < -0.3 is 9.47 Å². The molecule has 0 aromatic rings. The van der Waals surface area contributed by atoms with Crippen LogP contribution in [0.15, 0.2) is 0 Å². The van der Waals surface area contributed by atoms with Gasteiger partial charge in [-0.1, -0.05) is 40.5 Å². The Hall–Kier alpha value is -0.0800. The number of methoxy groups -OCH3 is 1. The first kappa shape index (κ1) is 14.0. The molecule has 1 rings (SSSR count). The Morgan fingerprint density at radius 1 is 1.06 bits per heavy atom. The van der Waals surface area contributed by atoms with Crippen molar-refractivity contribution >= 4 is 0 Å². The molecule has 2 heteroatoms. The van der Waals surface area contributed by atoms with E-state index in [0.717, 1.165) is 18.8 Å². The van der Waals surface area contributed by atoms with Crippen LogP contribution in [0.5, 0.6) is 0 Å². The molecule has 0 saturated carbocycles. The highest BCUT2D eigenvalue weighted by molar-refractivity contribution is 4.85. The van der Waals surface area contributed by atoms with Crippen molar-refractivity contribution in [2.24, 2.45) is 17.8 Å². The maximum atomic E-state index is 6.10. The lowest BCUT2D eigenvalue weighted by molar-refractivity contribution is -0.245. The summed E-state index contributed by atoms with van der Waals surface area (Å²) in [5.74, 6) is 1.99. The van der Waals surface area contributed by atoms with Crippen LogP contribution in [-0.4, -0.2) is 19.5 Å². The minimum absolute atomic E-state index is 0.0164. The minimum atomic E-state index is 0.0164. The highest BCUT2D eigenvalue weighted by Gasteiger charge is 2.41. The van der Waals surface area contributed by atoms with Gasteiger partial charge in [0, 0.05) is 13.0 Å². The first-order valence-electron chi connectivity index (χ1n) is 6.87. The molecule has 0 bridgehead atoms. The fraction of sp³-hybridized carbons (Fsp3) is 1.00. The topological polar surface area (TPSA) is 18.5 Å². The molecular weight excluding hydrogens is 200 g/mol. The third-order valence-electron chi connectivity index (χ3n) is 4.22. The van der Waals surface area contributed by atoms with Crippen molar-refractivity contribution in [3.8, 4) is 0 Å². The van der Waals surface area contributed by atoms with Gasteiger partial charge in [0.15, 0.2) is 6.29 Å². The van der Waals surface area contributed by atoms with Crippen LogP contribution in [-0.2, 0) is 9.47 Å². The van der Waals surface area contributed by atoms with Gasteiger partial charge in [-0.3, -0.25) is 0 Å². The molecule has 0 radical (unpaired) electrons. The summed E-state index contributed by atoms with van der Waals surface area (Å²) in [6, 6.07) is 0. The van der Waals surface area contributed by atoms with E-state index in [-0.39, 0.29) is 6.29 Å². The van der Waals surface area contributed by atoms with Crippen LogP contribution in [0, 0.1) is 17.8 Å². The Morgan fingerprint density at radius 3 is 2.12 bits per heavy atom. The van der Waals surface area contributed by atoms with Crippen LogP contribution >= 0.6 is 0 Å². The van der Waals surface area contributed by atoms with Crippen molar-refractivity contribution in [1.82, 2.24) is 0 Å². The molecule has 2 nitrogen and oxygen atoms in total. The normalized spacial score (nSPS) is 39.9. The smallest absolute Gasteiger partial charge is 0.160 e. The number of ether oxygens (including phenoxy) is 2. The van der Waals surface area contributed by atoms with E-state index in [9.17, 15) is 0 Å². The van der Waals surface area contributed by atoms with Crippen molar-refractivity contribution in [2.45, 2.75) is 65.8 Å². The van der Waals surface area contributed by atoms with Crippen LogP contribution in [0.4, 0.5) is 0 Å². The van der Waals surface area contributed by atoms with Gasteiger partial charge in [-0.15, -0.1) is 0 Å². The average Bonchev–Trinajstić information content (AvgIpc) is 2.31. The molecule has 1 saturated heterocycles. The van der Waals surface area contributed by atoms with Crippen LogP contribution in [0.1, 0.15) is 53.4 Å². The van der Waals surface area contributed by atoms with Crippen LogP contribution < -0.4 is 0 Å². The highest BCUT2D eigenvalue weighted by atomic mass is 16.7. The largest absolute Gasteiger partial charge is 0.356 e. The van der Waals surface area contributed by atoms with Crippen LogP contribution in [0.25, 0.3) is 0 Å². The van der Waals surface area contributed by atoms with Crippen LogP contribution in [0.2, 0.25) is 0 Å². The first-order valence-corrected chi connectivity index (χ1v) is 6.87. The summed E-state index contributed by atoms with van der Waals surface area (Å²) >= 11 is 0. The molecule has 1 aliphatic rings. The zero-order valence-electron chi connectivity index (χ0n) is 11.5. The molecule has 5 atom stereocenters. The van der Waals surface area contributed by atoms with Gasteiger partial charge in [0.05, 0.1) is 6.10 Å². The molecule has 1 aliphatic heterocycles. The lowest BCUT2D eigenvalue weighted by atomic mass is 9.73. The minimum Gasteiger partial charge on any atom is -0.356 e. The van der Waals surface area contributed by atoms with Gasteiger partial charge in [0.1, 0.15) is 0 Å². The second-order valence-corrected chi connectivity index (χ2v) is 5.07. The lowest BCUT2D eigenvalue weighted by Crippen LogP contribution is -2.47. The Bertz CT molecular complexity index is 193. The van der Waals surface area contributed by atoms with Gasteiger partial charge in [0.2, 0.25) is 0 Å². The molecule has 0 aromatic heterocycles. The van der Waals surface area contributed by atoms with Gasteiger partial charge in [-0.05, 0) is 24.7 Å². The highest BCUT2D eigenvalue weighted by Crippen LogP contribution is 2.40. The first-order chi connectivity index (χ1) is 7.69. The number of hydrogen-bond acceptors (Lipinski definition) is 2. The maximum Gasteiger partial charge on any atom is 0.160 e. The molecule has 0 spiro atoms. The predicted molar refractivity (Wildman–Crippen MR) is 67.3 cm³/mol. The van der Waals surface area contributed by atoms with Crippen molar-refractivity contribution in [2.75, 3.05) is 7.11 Å². The van der Waals surface area contributed by atoms with Crippen molar-refractivity contribution in [1.29, 1.82) is 0 Å². The summed E-state index contributed by atoms with van der Waals surface area (Å²) in [4.78, 5) is 0. The third-order valence-corrected chi connectivity index (χ3v) is 4.22. The van der Waals surface area contributed by atoms with E-state index in [1.165, 1.54) is 12.8 Å². The summed E-state index contributed by atoms with van der Waals surface area (Å²) < 4.78 is 11.6. The Kier molecular flexibility index (Phi) is 5.77. The Morgan fingerprint density at radius 2 is 1.69 bits per heavy atom. The van der Waals surface area contributed by atoms with E-state index in [0.29, 0.717) is 17.9 Å². The molecule has 1 heterocycles. The van der Waals surface area contributed by atoms with Gasteiger partial charge in [-0.2, -0.15) is 0 Å². The molecule has 3 unspecified atom stereocenters. The number of hydrogen-bond donors (Lipinski definition) is 0. The van der Waals surface area contributed by atoms with E-state index < -0.39 is 0 Å². The standard InChI is InChI=1S/C14H28O2/c1-6-9-13-10(4)11(7-2)12(8-3)14(15-5)16-13/h10-14H,6-9H2,1-5H3/t10-,11?,12?,13?,14+/m0/s1. The third kappa shape index (κ3) is 2.78. The summed E-state index contributed by atoms with van der Waals surface area (Å²) in [5.41, 5.74) is 0. The monoisotopic (exact) mass is 228 g/mol.